The van der Waals surface area contributed by atoms with Gasteiger partial charge in [-0.1, -0.05) is 30.7 Å². The number of nitrogens with one attached hydrogen (secondary N) is 1. The molecule has 3 N–H and O–H groups in total. The van der Waals surface area contributed by atoms with Gasteiger partial charge in [0.15, 0.2) is 0 Å². The molecule has 2 atom stereocenters. The Labute approximate surface area is 159 Å². The number of amides is 1. The average Bonchev–Trinajstić information content (AvgIpc) is 2.65. The first-order valence-electron chi connectivity index (χ1n) is 8.59. The number of halogens is 1. The van der Waals surface area contributed by atoms with Gasteiger partial charge in [-0.25, -0.2) is 0 Å². The zero-order valence-electron chi connectivity index (χ0n) is 15.1. The first kappa shape index (κ1) is 20.1. The number of ether oxygens (including phenoxy) is 2. The molecule has 2 aromatic carbocycles. The summed E-state index contributed by atoms with van der Waals surface area (Å²) >= 11 is 5.83. The number of nitrogens with two attached hydrogens (primary N) is 1. The minimum absolute atomic E-state index is 0.0420. The molecule has 6 heteroatoms. The second-order valence-electron chi connectivity index (χ2n) is 6.16. The minimum Gasteiger partial charge on any atom is -0.490 e. The SMILES string of the molecule is CC(N)C(C)C(=O)NCc1ccc(OCCOc2ccc(Cl)cc2)cc1. The number of hydrogen-bond acceptors (Lipinski definition) is 4. The monoisotopic (exact) mass is 376 g/mol. The van der Waals surface area contributed by atoms with Crippen LogP contribution in [0.25, 0.3) is 0 Å². The van der Waals surface area contributed by atoms with Gasteiger partial charge in [0.1, 0.15) is 24.7 Å². The Balaban J connectivity index is 1.70. The van der Waals surface area contributed by atoms with E-state index in [1.54, 1.807) is 12.1 Å². The van der Waals surface area contributed by atoms with Gasteiger partial charge >= 0.3 is 0 Å². The summed E-state index contributed by atoms with van der Waals surface area (Å²) in [7, 11) is 0. The van der Waals surface area contributed by atoms with Crippen molar-refractivity contribution < 1.29 is 14.3 Å². The number of benzene rings is 2. The number of rotatable bonds is 9. The van der Waals surface area contributed by atoms with Crippen LogP contribution < -0.4 is 20.5 Å². The Morgan fingerprint density at radius 3 is 2.00 bits per heavy atom. The lowest BCUT2D eigenvalue weighted by Crippen LogP contribution is -2.38. The van der Waals surface area contributed by atoms with Gasteiger partial charge in [0.2, 0.25) is 5.91 Å². The van der Waals surface area contributed by atoms with Crippen LogP contribution in [-0.2, 0) is 11.3 Å². The number of carbonyl (C=O) groups is 1. The summed E-state index contributed by atoms with van der Waals surface area (Å²) < 4.78 is 11.2. The first-order chi connectivity index (χ1) is 12.5. The second kappa shape index (κ2) is 10.0. The van der Waals surface area contributed by atoms with Crippen LogP contribution in [-0.4, -0.2) is 25.2 Å². The predicted octanol–water partition coefficient (Wildman–Crippen LogP) is 3.40. The highest BCUT2D eigenvalue weighted by Crippen LogP contribution is 2.16. The minimum atomic E-state index is -0.210. The third kappa shape index (κ3) is 6.58. The van der Waals surface area contributed by atoms with Crippen molar-refractivity contribution in [3.8, 4) is 11.5 Å². The topological polar surface area (TPSA) is 73.6 Å². The lowest BCUT2D eigenvalue weighted by atomic mass is 10.0. The van der Waals surface area contributed by atoms with Gasteiger partial charge in [0.05, 0.1) is 0 Å². The molecule has 0 aromatic heterocycles. The highest BCUT2D eigenvalue weighted by Gasteiger charge is 2.16. The molecule has 0 fully saturated rings. The third-order valence-corrected chi connectivity index (χ3v) is 4.28. The van der Waals surface area contributed by atoms with Gasteiger partial charge in [0, 0.05) is 23.5 Å². The van der Waals surface area contributed by atoms with Crippen molar-refractivity contribution in [3.63, 3.8) is 0 Å². The molecule has 0 radical (unpaired) electrons. The van der Waals surface area contributed by atoms with Crippen molar-refractivity contribution in [1.29, 1.82) is 0 Å². The first-order valence-corrected chi connectivity index (χ1v) is 8.97. The molecule has 26 heavy (non-hydrogen) atoms. The lowest BCUT2D eigenvalue weighted by molar-refractivity contribution is -0.125. The molecule has 0 saturated heterocycles. The van der Waals surface area contributed by atoms with Crippen LogP contribution in [0, 0.1) is 5.92 Å². The second-order valence-corrected chi connectivity index (χ2v) is 6.60. The van der Waals surface area contributed by atoms with Crippen molar-refractivity contribution in [2.45, 2.75) is 26.4 Å². The molecule has 0 aliphatic rings. The summed E-state index contributed by atoms with van der Waals surface area (Å²) in [4.78, 5) is 11.9. The molecule has 5 nitrogen and oxygen atoms in total. The third-order valence-electron chi connectivity index (χ3n) is 4.03. The number of carbonyl (C=O) groups excluding carboxylic acids is 1. The van der Waals surface area contributed by atoms with E-state index in [1.807, 2.05) is 50.2 Å². The molecule has 0 heterocycles. The van der Waals surface area contributed by atoms with Gasteiger partial charge in [-0.15, -0.1) is 0 Å². The van der Waals surface area contributed by atoms with E-state index in [4.69, 9.17) is 26.8 Å². The van der Waals surface area contributed by atoms with Crippen LogP contribution >= 0.6 is 11.6 Å². The molecule has 0 saturated carbocycles. The number of hydrogen-bond donors (Lipinski definition) is 2. The maximum Gasteiger partial charge on any atom is 0.224 e. The fraction of sp³-hybridized carbons (Fsp3) is 0.350. The van der Waals surface area contributed by atoms with E-state index in [2.05, 4.69) is 5.32 Å². The van der Waals surface area contributed by atoms with Crippen molar-refractivity contribution >= 4 is 17.5 Å². The van der Waals surface area contributed by atoms with Crippen LogP contribution in [0.4, 0.5) is 0 Å². The Bertz CT molecular complexity index is 687. The van der Waals surface area contributed by atoms with Gasteiger partial charge in [-0.3, -0.25) is 4.79 Å². The molecule has 0 bridgehead atoms. The van der Waals surface area contributed by atoms with Crippen molar-refractivity contribution in [2.24, 2.45) is 11.7 Å². The normalized spacial score (nSPS) is 12.9. The average molecular weight is 377 g/mol. The smallest absolute Gasteiger partial charge is 0.224 e. The highest BCUT2D eigenvalue weighted by molar-refractivity contribution is 6.30. The molecule has 1 amide bonds. The Morgan fingerprint density at radius 2 is 1.50 bits per heavy atom. The van der Waals surface area contributed by atoms with Crippen LogP contribution in [0.3, 0.4) is 0 Å². The van der Waals surface area contributed by atoms with E-state index in [0.29, 0.717) is 24.8 Å². The van der Waals surface area contributed by atoms with E-state index < -0.39 is 0 Å². The fourth-order valence-electron chi connectivity index (χ4n) is 2.14. The quantitative estimate of drug-likeness (QED) is 0.658. The van der Waals surface area contributed by atoms with Gasteiger partial charge in [-0.2, -0.15) is 0 Å². The molecular weight excluding hydrogens is 352 g/mol. The summed E-state index contributed by atoms with van der Waals surface area (Å²) in [6, 6.07) is 14.6. The predicted molar refractivity (Wildman–Crippen MR) is 104 cm³/mol. The molecule has 140 valence electrons. The standard InChI is InChI=1S/C20H25ClN2O3/c1-14(15(2)22)20(24)23-13-16-3-7-18(8-4-16)25-11-12-26-19-9-5-17(21)6-10-19/h3-10,14-15H,11-13,22H2,1-2H3,(H,23,24). The summed E-state index contributed by atoms with van der Waals surface area (Å²) in [5.74, 6) is 1.26. The molecule has 2 rings (SSSR count). The summed E-state index contributed by atoms with van der Waals surface area (Å²) in [5.41, 5.74) is 6.73. The fourth-order valence-corrected chi connectivity index (χ4v) is 2.27. The van der Waals surface area contributed by atoms with Crippen molar-refractivity contribution in [2.75, 3.05) is 13.2 Å². The van der Waals surface area contributed by atoms with Crippen LogP contribution in [0.1, 0.15) is 19.4 Å². The lowest BCUT2D eigenvalue weighted by Gasteiger charge is -2.15. The van der Waals surface area contributed by atoms with Crippen LogP contribution in [0.2, 0.25) is 5.02 Å². The van der Waals surface area contributed by atoms with Crippen LogP contribution in [0.5, 0.6) is 11.5 Å². The summed E-state index contributed by atoms with van der Waals surface area (Å²) in [6.07, 6.45) is 0. The van der Waals surface area contributed by atoms with Gasteiger partial charge in [0.25, 0.3) is 0 Å². The van der Waals surface area contributed by atoms with Crippen molar-refractivity contribution in [1.82, 2.24) is 5.32 Å². The van der Waals surface area contributed by atoms with E-state index in [-0.39, 0.29) is 17.9 Å². The Hall–Kier alpha value is -2.24. The molecular formula is C20H25ClN2O3. The van der Waals surface area contributed by atoms with Crippen LogP contribution in [0.15, 0.2) is 48.5 Å². The van der Waals surface area contributed by atoms with E-state index >= 15 is 0 Å². The van der Waals surface area contributed by atoms with E-state index in [1.165, 1.54) is 0 Å². The molecule has 2 unspecified atom stereocenters. The van der Waals surface area contributed by atoms with Gasteiger partial charge in [-0.05, 0) is 48.9 Å². The highest BCUT2D eigenvalue weighted by atomic mass is 35.5. The zero-order chi connectivity index (χ0) is 18.9. The largest absolute Gasteiger partial charge is 0.490 e. The maximum atomic E-state index is 11.9. The zero-order valence-corrected chi connectivity index (χ0v) is 15.8. The van der Waals surface area contributed by atoms with Gasteiger partial charge < -0.3 is 20.5 Å². The Morgan fingerprint density at radius 1 is 1.00 bits per heavy atom. The summed E-state index contributed by atoms with van der Waals surface area (Å²) in [5, 5.41) is 3.56. The molecule has 0 aliphatic carbocycles. The summed E-state index contributed by atoms with van der Waals surface area (Å²) in [6.45, 7) is 4.99. The molecule has 0 spiro atoms. The maximum absolute atomic E-state index is 11.9. The Kier molecular flexibility index (Phi) is 7.75. The molecule has 2 aromatic rings. The van der Waals surface area contributed by atoms with Crippen molar-refractivity contribution in [3.05, 3.63) is 59.1 Å². The van der Waals surface area contributed by atoms with E-state index in [9.17, 15) is 4.79 Å². The van der Waals surface area contributed by atoms with E-state index in [0.717, 1.165) is 17.1 Å². The molecule has 0 aliphatic heterocycles.